The zero-order valence-corrected chi connectivity index (χ0v) is 10.3. The van der Waals surface area contributed by atoms with Gasteiger partial charge in [0.15, 0.2) is 0 Å². The molecular formula is C10H19NO2S. The summed E-state index contributed by atoms with van der Waals surface area (Å²) in [5.41, 5.74) is -0.393. The Kier molecular flexibility index (Phi) is 3.17. The fraction of sp³-hybridized carbons (Fsp3) is 0.900. The number of nitrogens with one attached hydrogen (secondary N) is 1. The summed E-state index contributed by atoms with van der Waals surface area (Å²) < 4.78 is 5.30. The molecule has 0 aromatic heterocycles. The van der Waals surface area contributed by atoms with Gasteiger partial charge in [-0.1, -0.05) is 0 Å². The first kappa shape index (κ1) is 11.9. The molecule has 1 unspecified atom stereocenters. The van der Waals surface area contributed by atoms with E-state index in [-0.39, 0.29) is 16.9 Å². The van der Waals surface area contributed by atoms with Crippen molar-refractivity contribution in [1.82, 2.24) is 5.32 Å². The fourth-order valence-electron chi connectivity index (χ4n) is 1.29. The molecule has 1 rings (SSSR count). The summed E-state index contributed by atoms with van der Waals surface area (Å²) in [6.07, 6.45) is 0. The van der Waals surface area contributed by atoms with Crippen LogP contribution in [0.1, 0.15) is 34.6 Å². The van der Waals surface area contributed by atoms with E-state index in [2.05, 4.69) is 19.2 Å². The highest BCUT2D eigenvalue weighted by molar-refractivity contribution is 8.00. The van der Waals surface area contributed by atoms with Gasteiger partial charge in [-0.2, -0.15) is 0 Å². The summed E-state index contributed by atoms with van der Waals surface area (Å²) in [5.74, 6) is 0.651. The monoisotopic (exact) mass is 217 g/mol. The first-order valence-corrected chi connectivity index (χ1v) is 5.83. The highest BCUT2D eigenvalue weighted by Gasteiger charge is 2.36. The van der Waals surface area contributed by atoms with Crippen molar-refractivity contribution in [3.05, 3.63) is 0 Å². The van der Waals surface area contributed by atoms with E-state index >= 15 is 0 Å². The van der Waals surface area contributed by atoms with Gasteiger partial charge in [-0.25, -0.2) is 0 Å². The van der Waals surface area contributed by atoms with Crippen LogP contribution in [0.3, 0.4) is 0 Å². The van der Waals surface area contributed by atoms with Crippen molar-refractivity contribution in [3.63, 3.8) is 0 Å². The second kappa shape index (κ2) is 3.74. The van der Waals surface area contributed by atoms with E-state index < -0.39 is 5.60 Å². The second-order valence-electron chi connectivity index (χ2n) is 5.05. The highest BCUT2D eigenvalue weighted by atomic mass is 32.2. The Balaban J connectivity index is 2.48. The van der Waals surface area contributed by atoms with Crippen LogP contribution >= 0.6 is 11.8 Å². The highest BCUT2D eigenvalue weighted by Crippen LogP contribution is 2.29. The van der Waals surface area contributed by atoms with Crippen LogP contribution in [-0.4, -0.2) is 28.2 Å². The minimum Gasteiger partial charge on any atom is -0.459 e. The van der Waals surface area contributed by atoms with E-state index in [1.165, 1.54) is 0 Å². The van der Waals surface area contributed by atoms with Gasteiger partial charge in [0.2, 0.25) is 0 Å². The number of thioether (sulfide) groups is 1. The van der Waals surface area contributed by atoms with Crippen LogP contribution in [0, 0.1) is 0 Å². The largest absolute Gasteiger partial charge is 0.459 e. The summed E-state index contributed by atoms with van der Waals surface area (Å²) in [5, 5.41) is 3.24. The SMILES string of the molecule is CC(C)(C)OC(=O)C1CSC(C)(C)N1. The Bertz CT molecular complexity index is 233. The van der Waals surface area contributed by atoms with E-state index in [9.17, 15) is 4.79 Å². The van der Waals surface area contributed by atoms with Crippen molar-refractivity contribution in [3.8, 4) is 0 Å². The molecule has 0 bridgehead atoms. The van der Waals surface area contributed by atoms with Gasteiger partial charge in [0.25, 0.3) is 0 Å². The van der Waals surface area contributed by atoms with Crippen LogP contribution < -0.4 is 5.32 Å². The zero-order chi connectivity index (χ0) is 11.0. The maximum Gasteiger partial charge on any atom is 0.324 e. The molecule has 0 saturated carbocycles. The van der Waals surface area contributed by atoms with Crippen molar-refractivity contribution in [2.45, 2.75) is 51.1 Å². The second-order valence-corrected chi connectivity index (χ2v) is 6.69. The molecule has 1 N–H and O–H groups in total. The molecule has 0 aromatic rings. The summed E-state index contributed by atoms with van der Waals surface area (Å²) in [4.78, 5) is 11.6. The number of rotatable bonds is 1. The van der Waals surface area contributed by atoms with Crippen LogP contribution in [0.25, 0.3) is 0 Å². The number of carbonyl (C=O) groups excluding carboxylic acids is 1. The third kappa shape index (κ3) is 3.50. The van der Waals surface area contributed by atoms with E-state index in [4.69, 9.17) is 4.74 Å². The molecule has 14 heavy (non-hydrogen) atoms. The molecular weight excluding hydrogens is 198 g/mol. The van der Waals surface area contributed by atoms with Gasteiger partial charge < -0.3 is 4.74 Å². The van der Waals surface area contributed by atoms with Gasteiger partial charge >= 0.3 is 5.97 Å². The number of hydrogen-bond acceptors (Lipinski definition) is 4. The average Bonchev–Trinajstić information content (AvgIpc) is 2.26. The summed E-state index contributed by atoms with van der Waals surface area (Å²) in [6.45, 7) is 9.80. The van der Waals surface area contributed by atoms with E-state index in [1.807, 2.05) is 20.8 Å². The van der Waals surface area contributed by atoms with Crippen molar-refractivity contribution >= 4 is 17.7 Å². The quantitative estimate of drug-likeness (QED) is 0.679. The minimum absolute atomic E-state index is 0.0123. The molecule has 0 radical (unpaired) electrons. The standard InChI is InChI=1S/C10H19NO2S/c1-9(2,3)13-8(12)7-6-14-10(4,5)11-7/h7,11H,6H2,1-5H3. The lowest BCUT2D eigenvalue weighted by molar-refractivity contribution is -0.156. The summed E-state index contributed by atoms with van der Waals surface area (Å²) in [6, 6.07) is -0.158. The van der Waals surface area contributed by atoms with Gasteiger partial charge in [0.1, 0.15) is 11.6 Å². The van der Waals surface area contributed by atoms with Crippen LogP contribution in [0.5, 0.6) is 0 Å². The fourth-order valence-corrected chi connectivity index (χ4v) is 2.32. The van der Waals surface area contributed by atoms with Crippen molar-refractivity contribution in [2.75, 3.05) is 5.75 Å². The van der Waals surface area contributed by atoms with Gasteiger partial charge in [-0.3, -0.25) is 10.1 Å². The molecule has 0 aliphatic carbocycles. The Labute approximate surface area is 90.0 Å². The number of carbonyl (C=O) groups is 1. The van der Waals surface area contributed by atoms with Crippen molar-refractivity contribution in [2.24, 2.45) is 0 Å². The predicted octanol–water partition coefficient (Wildman–Crippen LogP) is 1.77. The lowest BCUT2D eigenvalue weighted by Gasteiger charge is -2.23. The molecule has 82 valence electrons. The van der Waals surface area contributed by atoms with Gasteiger partial charge in [-0.05, 0) is 34.6 Å². The Morgan fingerprint density at radius 3 is 2.43 bits per heavy atom. The number of ether oxygens (including phenoxy) is 1. The molecule has 1 saturated heterocycles. The molecule has 3 nitrogen and oxygen atoms in total. The van der Waals surface area contributed by atoms with Crippen molar-refractivity contribution < 1.29 is 9.53 Å². The molecule has 1 aliphatic rings. The first-order chi connectivity index (χ1) is 6.20. The summed E-state index contributed by atoms with van der Waals surface area (Å²) in [7, 11) is 0. The lowest BCUT2D eigenvalue weighted by Crippen LogP contribution is -2.44. The lowest BCUT2D eigenvalue weighted by atomic mass is 10.2. The van der Waals surface area contributed by atoms with E-state index in [0.717, 1.165) is 5.75 Å². The smallest absolute Gasteiger partial charge is 0.324 e. The summed E-state index contributed by atoms with van der Waals surface area (Å²) >= 11 is 1.75. The van der Waals surface area contributed by atoms with Gasteiger partial charge in [-0.15, -0.1) is 11.8 Å². The predicted molar refractivity (Wildman–Crippen MR) is 59.3 cm³/mol. The third-order valence-electron chi connectivity index (χ3n) is 1.82. The first-order valence-electron chi connectivity index (χ1n) is 4.84. The minimum atomic E-state index is -0.393. The molecule has 1 heterocycles. The van der Waals surface area contributed by atoms with Crippen LogP contribution in [0.2, 0.25) is 0 Å². The molecule has 1 fully saturated rings. The number of esters is 1. The molecule has 0 spiro atoms. The molecule has 0 amide bonds. The maximum absolute atomic E-state index is 11.7. The van der Waals surface area contributed by atoms with E-state index in [1.54, 1.807) is 11.8 Å². The topological polar surface area (TPSA) is 38.3 Å². The Hall–Kier alpha value is -0.220. The van der Waals surface area contributed by atoms with Gasteiger partial charge in [0, 0.05) is 5.75 Å². The molecule has 1 aliphatic heterocycles. The Morgan fingerprint density at radius 1 is 1.50 bits per heavy atom. The van der Waals surface area contributed by atoms with Crippen LogP contribution in [0.4, 0.5) is 0 Å². The maximum atomic E-state index is 11.7. The number of hydrogen-bond donors (Lipinski definition) is 1. The van der Waals surface area contributed by atoms with Crippen LogP contribution in [0.15, 0.2) is 0 Å². The van der Waals surface area contributed by atoms with Gasteiger partial charge in [0.05, 0.1) is 4.87 Å². The molecule has 1 atom stereocenters. The normalized spacial score (nSPS) is 26.2. The van der Waals surface area contributed by atoms with Crippen LogP contribution in [-0.2, 0) is 9.53 Å². The van der Waals surface area contributed by atoms with Crippen molar-refractivity contribution in [1.29, 1.82) is 0 Å². The Morgan fingerprint density at radius 2 is 2.07 bits per heavy atom. The molecule has 4 heteroatoms. The van der Waals surface area contributed by atoms with E-state index in [0.29, 0.717) is 0 Å². The average molecular weight is 217 g/mol. The zero-order valence-electron chi connectivity index (χ0n) is 9.51. The third-order valence-corrected chi connectivity index (χ3v) is 3.16. The molecule has 0 aromatic carbocycles.